The van der Waals surface area contributed by atoms with Gasteiger partial charge in [0, 0.05) is 30.4 Å². The lowest BCUT2D eigenvalue weighted by molar-refractivity contribution is 0.0698. The highest BCUT2D eigenvalue weighted by Gasteiger charge is 2.24. The van der Waals surface area contributed by atoms with Crippen molar-refractivity contribution < 1.29 is 4.79 Å². The molecule has 4 rings (SSSR count). The first-order valence-corrected chi connectivity index (χ1v) is 9.18. The quantitative estimate of drug-likeness (QED) is 0.696. The summed E-state index contributed by atoms with van der Waals surface area (Å²) in [7, 11) is 1.96. The molecule has 0 saturated carbocycles. The molecule has 0 aliphatic carbocycles. The molecule has 0 radical (unpaired) electrons. The Kier molecular flexibility index (Phi) is 7.47. The number of halogens is 2. The number of aryl methyl sites for hydroxylation is 1. The van der Waals surface area contributed by atoms with E-state index in [-0.39, 0.29) is 30.7 Å². The standard InChI is InChI=1S/C21H24N4O.2ClH/c1-15-23-19-13-16(21(26)24-12-6-7-17(14-24)22-2)10-11-20(19)25(15)18-8-4-3-5-9-18;;/h3-5,8-11,13,17,22H,6-7,12,14H2,1-2H3;2*1H. The van der Waals surface area contributed by atoms with Crippen molar-refractivity contribution >= 4 is 41.8 Å². The number of nitrogens with one attached hydrogen (secondary N) is 1. The Labute approximate surface area is 178 Å². The van der Waals surface area contributed by atoms with E-state index < -0.39 is 0 Å². The number of nitrogens with zero attached hydrogens (tertiary/aromatic N) is 3. The fourth-order valence-corrected chi connectivity index (χ4v) is 3.82. The van der Waals surface area contributed by atoms with Gasteiger partial charge in [0.15, 0.2) is 0 Å². The van der Waals surface area contributed by atoms with Gasteiger partial charge in [-0.05, 0) is 57.1 Å². The van der Waals surface area contributed by atoms with Gasteiger partial charge in [-0.1, -0.05) is 18.2 Å². The number of hydrogen-bond acceptors (Lipinski definition) is 3. The number of fused-ring (bicyclic) bond motifs is 1. The summed E-state index contributed by atoms with van der Waals surface area (Å²) < 4.78 is 2.13. The number of hydrogen-bond donors (Lipinski definition) is 1. The fourth-order valence-electron chi connectivity index (χ4n) is 3.82. The molecule has 2 aromatic carbocycles. The zero-order valence-corrected chi connectivity index (χ0v) is 17.7. The van der Waals surface area contributed by atoms with E-state index in [1.165, 1.54) is 0 Å². The lowest BCUT2D eigenvalue weighted by Crippen LogP contribution is -2.46. The third-order valence-corrected chi connectivity index (χ3v) is 5.20. The largest absolute Gasteiger partial charge is 0.337 e. The summed E-state index contributed by atoms with van der Waals surface area (Å²) in [6, 6.07) is 16.4. The second-order valence-corrected chi connectivity index (χ2v) is 6.91. The lowest BCUT2D eigenvalue weighted by Gasteiger charge is -2.32. The molecule has 2 heterocycles. The van der Waals surface area contributed by atoms with Gasteiger partial charge in [0.25, 0.3) is 5.91 Å². The van der Waals surface area contributed by atoms with Crippen LogP contribution in [0.4, 0.5) is 0 Å². The molecule has 1 fully saturated rings. The van der Waals surface area contributed by atoms with Crippen LogP contribution in [-0.4, -0.2) is 46.5 Å². The van der Waals surface area contributed by atoms with Crippen LogP contribution in [0.3, 0.4) is 0 Å². The summed E-state index contributed by atoms with van der Waals surface area (Å²) in [4.78, 5) is 19.6. The molecule has 1 amide bonds. The minimum Gasteiger partial charge on any atom is -0.337 e. The van der Waals surface area contributed by atoms with Crippen LogP contribution >= 0.6 is 24.8 Å². The molecule has 1 unspecified atom stereocenters. The van der Waals surface area contributed by atoms with Gasteiger partial charge in [-0.25, -0.2) is 4.98 Å². The SMILES string of the molecule is CNC1CCCN(C(=O)c2ccc3c(c2)nc(C)n3-c2ccccc2)C1.Cl.Cl. The zero-order chi connectivity index (χ0) is 18.1. The van der Waals surface area contributed by atoms with E-state index in [1.807, 2.05) is 55.3 Å². The number of likely N-dealkylation sites (tertiary alicyclic amines) is 1. The first-order valence-electron chi connectivity index (χ1n) is 9.18. The Morgan fingerprint density at radius 2 is 1.89 bits per heavy atom. The molecule has 0 bridgehead atoms. The minimum absolute atomic E-state index is 0. The maximum absolute atomic E-state index is 12.9. The number of imidazole rings is 1. The van der Waals surface area contributed by atoms with E-state index in [1.54, 1.807) is 0 Å². The number of benzene rings is 2. The van der Waals surface area contributed by atoms with E-state index in [0.717, 1.165) is 48.5 Å². The molecule has 1 N–H and O–H groups in total. The predicted octanol–water partition coefficient (Wildman–Crippen LogP) is 4.00. The van der Waals surface area contributed by atoms with Gasteiger partial charge in [-0.2, -0.15) is 0 Å². The van der Waals surface area contributed by atoms with Crippen LogP contribution in [0.1, 0.15) is 29.0 Å². The first-order chi connectivity index (χ1) is 12.7. The molecular formula is C21H26Cl2N4O. The van der Waals surface area contributed by atoms with Crippen molar-refractivity contribution in [1.29, 1.82) is 0 Å². The molecule has 5 nitrogen and oxygen atoms in total. The van der Waals surface area contributed by atoms with Crippen molar-refractivity contribution in [3.05, 3.63) is 59.9 Å². The van der Waals surface area contributed by atoms with Gasteiger partial charge in [0.05, 0.1) is 11.0 Å². The molecule has 28 heavy (non-hydrogen) atoms. The summed E-state index contributed by atoms with van der Waals surface area (Å²) in [6.07, 6.45) is 2.17. The van der Waals surface area contributed by atoms with Crippen LogP contribution in [0.2, 0.25) is 0 Å². The number of carbonyl (C=O) groups excluding carboxylic acids is 1. The molecular weight excluding hydrogens is 395 g/mol. The highest BCUT2D eigenvalue weighted by molar-refractivity contribution is 5.97. The average molecular weight is 421 g/mol. The van der Waals surface area contributed by atoms with Gasteiger partial charge in [-0.3, -0.25) is 9.36 Å². The Bertz CT molecular complexity index is 942. The number of amides is 1. The van der Waals surface area contributed by atoms with Crippen LogP contribution in [0.25, 0.3) is 16.7 Å². The molecule has 0 spiro atoms. The Balaban J connectivity index is 0.00000140. The van der Waals surface area contributed by atoms with Gasteiger partial charge in [-0.15, -0.1) is 24.8 Å². The van der Waals surface area contributed by atoms with Crippen LogP contribution < -0.4 is 5.32 Å². The lowest BCUT2D eigenvalue weighted by atomic mass is 10.0. The van der Waals surface area contributed by atoms with Crippen LogP contribution in [0.5, 0.6) is 0 Å². The Morgan fingerprint density at radius 1 is 1.14 bits per heavy atom. The first kappa shape index (κ1) is 22.2. The highest BCUT2D eigenvalue weighted by Crippen LogP contribution is 2.23. The Morgan fingerprint density at radius 3 is 2.61 bits per heavy atom. The van der Waals surface area contributed by atoms with E-state index in [2.05, 4.69) is 27.0 Å². The van der Waals surface area contributed by atoms with Crippen LogP contribution in [-0.2, 0) is 0 Å². The molecule has 1 atom stereocenters. The average Bonchev–Trinajstić information content (AvgIpc) is 3.03. The highest BCUT2D eigenvalue weighted by atomic mass is 35.5. The third-order valence-electron chi connectivity index (χ3n) is 5.20. The second kappa shape index (κ2) is 9.41. The van der Waals surface area contributed by atoms with Crippen molar-refractivity contribution in [3.63, 3.8) is 0 Å². The maximum Gasteiger partial charge on any atom is 0.253 e. The van der Waals surface area contributed by atoms with Crippen LogP contribution in [0, 0.1) is 6.92 Å². The number of carbonyl (C=O) groups is 1. The van der Waals surface area contributed by atoms with Crippen molar-refractivity contribution in [2.45, 2.75) is 25.8 Å². The number of piperidine rings is 1. The van der Waals surface area contributed by atoms with Crippen molar-refractivity contribution in [1.82, 2.24) is 19.8 Å². The normalized spacial score (nSPS) is 16.4. The summed E-state index contributed by atoms with van der Waals surface area (Å²) in [6.45, 7) is 3.59. The van der Waals surface area contributed by atoms with Gasteiger partial charge in [0.1, 0.15) is 5.82 Å². The molecule has 1 aliphatic rings. The van der Waals surface area contributed by atoms with Crippen LogP contribution in [0.15, 0.2) is 48.5 Å². The molecule has 1 aromatic heterocycles. The van der Waals surface area contributed by atoms with E-state index >= 15 is 0 Å². The second-order valence-electron chi connectivity index (χ2n) is 6.91. The van der Waals surface area contributed by atoms with Gasteiger partial charge >= 0.3 is 0 Å². The molecule has 7 heteroatoms. The van der Waals surface area contributed by atoms with Crippen molar-refractivity contribution in [2.24, 2.45) is 0 Å². The van der Waals surface area contributed by atoms with Gasteiger partial charge in [0.2, 0.25) is 0 Å². The monoisotopic (exact) mass is 420 g/mol. The molecule has 1 aliphatic heterocycles. The molecule has 3 aromatic rings. The topological polar surface area (TPSA) is 50.2 Å². The Hall–Kier alpha value is -2.08. The number of likely N-dealkylation sites (N-methyl/N-ethyl adjacent to an activating group) is 1. The van der Waals surface area contributed by atoms with Gasteiger partial charge < -0.3 is 10.2 Å². The molecule has 150 valence electrons. The number of aromatic nitrogens is 2. The summed E-state index contributed by atoms with van der Waals surface area (Å²) >= 11 is 0. The van der Waals surface area contributed by atoms with Crippen molar-refractivity contribution in [2.75, 3.05) is 20.1 Å². The predicted molar refractivity (Wildman–Crippen MR) is 118 cm³/mol. The van der Waals surface area contributed by atoms with Crippen molar-refractivity contribution in [3.8, 4) is 5.69 Å². The number of para-hydroxylation sites is 1. The minimum atomic E-state index is 0. The van der Waals surface area contributed by atoms with E-state index in [9.17, 15) is 4.79 Å². The summed E-state index contributed by atoms with van der Waals surface area (Å²) in [5.74, 6) is 1.02. The summed E-state index contributed by atoms with van der Waals surface area (Å²) in [5, 5.41) is 3.29. The van der Waals surface area contributed by atoms with E-state index in [0.29, 0.717) is 11.6 Å². The maximum atomic E-state index is 12.9. The fraction of sp³-hybridized carbons (Fsp3) is 0.333. The smallest absolute Gasteiger partial charge is 0.253 e. The number of rotatable bonds is 3. The summed E-state index contributed by atoms with van der Waals surface area (Å²) in [5.41, 5.74) is 3.68. The van der Waals surface area contributed by atoms with E-state index in [4.69, 9.17) is 0 Å². The molecule has 1 saturated heterocycles. The zero-order valence-electron chi connectivity index (χ0n) is 16.1. The third kappa shape index (κ3) is 4.17.